The highest BCUT2D eigenvalue weighted by Crippen LogP contribution is 2.17. The van der Waals surface area contributed by atoms with E-state index < -0.39 is 0 Å². The Morgan fingerprint density at radius 3 is 2.60 bits per heavy atom. The highest BCUT2D eigenvalue weighted by molar-refractivity contribution is 5.10. The van der Waals surface area contributed by atoms with E-state index in [-0.39, 0.29) is 18.7 Å². The zero-order valence-corrected chi connectivity index (χ0v) is 9.79. The van der Waals surface area contributed by atoms with Gasteiger partial charge in [0.1, 0.15) is 11.5 Å². The monoisotopic (exact) mass is 211 g/mol. The third-order valence-corrected chi connectivity index (χ3v) is 2.66. The van der Waals surface area contributed by atoms with Crippen LogP contribution in [0.1, 0.15) is 44.8 Å². The van der Waals surface area contributed by atoms with Crippen LogP contribution in [0.3, 0.4) is 0 Å². The van der Waals surface area contributed by atoms with E-state index in [2.05, 4.69) is 26.1 Å². The van der Waals surface area contributed by atoms with Gasteiger partial charge in [0.05, 0.1) is 12.6 Å². The summed E-state index contributed by atoms with van der Waals surface area (Å²) in [4.78, 5) is 0. The first-order valence-electron chi connectivity index (χ1n) is 5.66. The third-order valence-electron chi connectivity index (χ3n) is 2.66. The second-order valence-corrected chi connectivity index (χ2v) is 3.83. The van der Waals surface area contributed by atoms with Crippen LogP contribution in [0.2, 0.25) is 0 Å². The van der Waals surface area contributed by atoms with Gasteiger partial charge in [-0.3, -0.25) is 0 Å². The molecule has 0 spiro atoms. The Bertz CT molecular complexity index is 279. The largest absolute Gasteiger partial charge is 0.464 e. The van der Waals surface area contributed by atoms with Crippen LogP contribution in [0.4, 0.5) is 0 Å². The molecule has 3 nitrogen and oxygen atoms in total. The molecule has 1 heterocycles. The van der Waals surface area contributed by atoms with Gasteiger partial charge in [0.15, 0.2) is 0 Å². The fraction of sp³-hybridized carbons (Fsp3) is 0.667. The van der Waals surface area contributed by atoms with Gasteiger partial charge >= 0.3 is 0 Å². The first kappa shape index (κ1) is 12.3. The van der Waals surface area contributed by atoms with Crippen molar-refractivity contribution in [3.05, 3.63) is 23.7 Å². The predicted molar refractivity (Wildman–Crippen MR) is 60.8 cm³/mol. The van der Waals surface area contributed by atoms with Crippen LogP contribution < -0.4 is 5.32 Å². The molecule has 0 aliphatic heterocycles. The lowest BCUT2D eigenvalue weighted by molar-refractivity contribution is 0.224. The van der Waals surface area contributed by atoms with Crippen LogP contribution >= 0.6 is 0 Å². The number of hydrogen-bond donors (Lipinski definition) is 2. The van der Waals surface area contributed by atoms with E-state index in [1.165, 1.54) is 0 Å². The maximum Gasteiger partial charge on any atom is 0.120 e. The molecule has 0 fully saturated rings. The van der Waals surface area contributed by atoms with Crippen molar-refractivity contribution in [2.24, 2.45) is 0 Å². The fourth-order valence-electron chi connectivity index (χ4n) is 1.55. The van der Waals surface area contributed by atoms with E-state index in [4.69, 9.17) is 9.52 Å². The first-order chi connectivity index (χ1) is 7.21. The number of furan rings is 1. The van der Waals surface area contributed by atoms with Crippen LogP contribution in [-0.2, 0) is 6.42 Å². The molecule has 0 bridgehead atoms. The lowest BCUT2D eigenvalue weighted by Crippen LogP contribution is -2.33. The fourth-order valence-corrected chi connectivity index (χ4v) is 1.55. The normalized spacial score (nSPS) is 15.2. The molecule has 1 unspecified atom stereocenters. The molecular formula is C12H21NO2. The molecule has 0 aromatic carbocycles. The molecule has 0 amide bonds. The smallest absolute Gasteiger partial charge is 0.120 e. The quantitative estimate of drug-likeness (QED) is 0.758. The van der Waals surface area contributed by atoms with E-state index in [1.54, 1.807) is 0 Å². The number of nitrogens with one attached hydrogen (secondary N) is 1. The summed E-state index contributed by atoms with van der Waals surface area (Å²) in [6.07, 6.45) is 1.84. The van der Waals surface area contributed by atoms with Crippen molar-refractivity contribution in [1.82, 2.24) is 5.32 Å². The molecule has 0 aliphatic carbocycles. The Morgan fingerprint density at radius 2 is 2.13 bits per heavy atom. The Balaban J connectivity index is 2.55. The van der Waals surface area contributed by atoms with Gasteiger partial charge in [-0.15, -0.1) is 0 Å². The molecule has 0 aliphatic rings. The summed E-state index contributed by atoms with van der Waals surface area (Å²) >= 11 is 0. The average molecular weight is 211 g/mol. The summed E-state index contributed by atoms with van der Waals surface area (Å²) in [5, 5.41) is 12.4. The molecule has 1 aromatic heterocycles. The van der Waals surface area contributed by atoms with Crippen molar-refractivity contribution < 1.29 is 9.52 Å². The van der Waals surface area contributed by atoms with Crippen LogP contribution in [0.5, 0.6) is 0 Å². The van der Waals surface area contributed by atoms with Gasteiger partial charge in [-0.1, -0.05) is 13.8 Å². The van der Waals surface area contributed by atoms with Crippen LogP contribution in [-0.4, -0.2) is 17.8 Å². The number of aliphatic hydroxyl groups excluding tert-OH is 1. The van der Waals surface area contributed by atoms with Crippen LogP contribution in [0.15, 0.2) is 16.5 Å². The summed E-state index contributed by atoms with van der Waals surface area (Å²) in [5.41, 5.74) is 0. The molecular weight excluding hydrogens is 190 g/mol. The topological polar surface area (TPSA) is 45.4 Å². The van der Waals surface area contributed by atoms with E-state index in [9.17, 15) is 0 Å². The summed E-state index contributed by atoms with van der Waals surface area (Å²) in [7, 11) is 0. The SMILES string of the molecule is CCc1ccc(C(C)N[C@H](CC)CO)o1. The second-order valence-electron chi connectivity index (χ2n) is 3.83. The Hall–Kier alpha value is -0.800. The van der Waals surface area contributed by atoms with Crippen LogP contribution in [0, 0.1) is 0 Å². The minimum Gasteiger partial charge on any atom is -0.464 e. The number of aliphatic hydroxyl groups is 1. The van der Waals surface area contributed by atoms with Crippen molar-refractivity contribution in [1.29, 1.82) is 0 Å². The Kier molecular flexibility index (Phi) is 4.85. The van der Waals surface area contributed by atoms with Gasteiger partial charge < -0.3 is 14.8 Å². The van der Waals surface area contributed by atoms with Crippen molar-refractivity contribution in [2.75, 3.05) is 6.61 Å². The van der Waals surface area contributed by atoms with Gasteiger partial charge in [0.25, 0.3) is 0 Å². The lowest BCUT2D eigenvalue weighted by Gasteiger charge is -2.18. The molecule has 2 atom stereocenters. The summed E-state index contributed by atoms with van der Waals surface area (Å²) in [6, 6.07) is 4.31. The molecule has 2 N–H and O–H groups in total. The van der Waals surface area contributed by atoms with E-state index in [1.807, 2.05) is 12.1 Å². The molecule has 0 saturated carbocycles. The first-order valence-corrected chi connectivity index (χ1v) is 5.66. The average Bonchev–Trinajstić information content (AvgIpc) is 2.74. The van der Waals surface area contributed by atoms with Gasteiger partial charge in [-0.05, 0) is 25.5 Å². The second kappa shape index (κ2) is 5.93. The van der Waals surface area contributed by atoms with E-state index in [0.717, 1.165) is 24.4 Å². The van der Waals surface area contributed by atoms with E-state index in [0.29, 0.717) is 0 Å². The molecule has 15 heavy (non-hydrogen) atoms. The van der Waals surface area contributed by atoms with Crippen molar-refractivity contribution in [3.8, 4) is 0 Å². The standard InChI is InChI=1S/C12H21NO2/c1-4-10(8-14)13-9(3)12-7-6-11(5-2)15-12/h6-7,9-10,13-14H,4-5,8H2,1-3H3/t9?,10-/m1/s1. The molecule has 3 heteroatoms. The van der Waals surface area contributed by atoms with Crippen molar-refractivity contribution in [2.45, 2.75) is 45.7 Å². The van der Waals surface area contributed by atoms with Gasteiger partial charge in [-0.2, -0.15) is 0 Å². The maximum atomic E-state index is 9.08. The lowest BCUT2D eigenvalue weighted by atomic mass is 10.2. The Morgan fingerprint density at radius 1 is 1.40 bits per heavy atom. The minimum absolute atomic E-state index is 0.148. The summed E-state index contributed by atoms with van der Waals surface area (Å²) in [6.45, 7) is 6.35. The zero-order chi connectivity index (χ0) is 11.3. The third kappa shape index (κ3) is 3.36. The van der Waals surface area contributed by atoms with Crippen molar-refractivity contribution >= 4 is 0 Å². The van der Waals surface area contributed by atoms with E-state index >= 15 is 0 Å². The van der Waals surface area contributed by atoms with Crippen molar-refractivity contribution in [3.63, 3.8) is 0 Å². The highest BCUT2D eigenvalue weighted by atomic mass is 16.3. The highest BCUT2D eigenvalue weighted by Gasteiger charge is 2.13. The minimum atomic E-state index is 0.148. The number of aryl methyl sites for hydroxylation is 1. The summed E-state index contributed by atoms with van der Waals surface area (Å²) in [5.74, 6) is 1.95. The Labute approximate surface area is 91.5 Å². The van der Waals surface area contributed by atoms with Gasteiger partial charge in [0, 0.05) is 12.5 Å². The molecule has 0 saturated heterocycles. The van der Waals surface area contributed by atoms with Gasteiger partial charge in [-0.25, -0.2) is 0 Å². The molecule has 1 rings (SSSR count). The predicted octanol–water partition coefficient (Wildman–Crippen LogP) is 2.26. The molecule has 1 aromatic rings. The maximum absolute atomic E-state index is 9.08. The number of hydrogen-bond acceptors (Lipinski definition) is 3. The zero-order valence-electron chi connectivity index (χ0n) is 9.79. The van der Waals surface area contributed by atoms with Gasteiger partial charge in [0.2, 0.25) is 0 Å². The number of rotatable bonds is 6. The molecule has 0 radical (unpaired) electrons. The van der Waals surface area contributed by atoms with Crippen LogP contribution in [0.25, 0.3) is 0 Å². The summed E-state index contributed by atoms with van der Waals surface area (Å²) < 4.78 is 5.64. The molecule has 86 valence electrons.